The van der Waals surface area contributed by atoms with E-state index in [4.69, 9.17) is 0 Å². The second-order valence-corrected chi connectivity index (χ2v) is 4.00. The highest BCUT2D eigenvalue weighted by atomic mass is 16.3. The Morgan fingerprint density at radius 3 is 2.67 bits per heavy atom. The van der Waals surface area contributed by atoms with Gasteiger partial charge in [-0.1, -0.05) is 12.8 Å². The second kappa shape index (κ2) is 3.42. The molecule has 2 aliphatic rings. The Labute approximate surface area is 73.1 Å². The molecule has 2 rings (SSSR count). The van der Waals surface area contributed by atoms with Gasteiger partial charge in [0.05, 0.1) is 11.3 Å². The van der Waals surface area contributed by atoms with Crippen molar-refractivity contribution in [3.05, 3.63) is 4.91 Å². The normalized spacial score (nSPS) is 35.8. The zero-order valence-electron chi connectivity index (χ0n) is 7.41. The SMILES string of the molecule is O=NN1CCC[C@@H]2CCCC[C@H]21. The molecule has 0 aromatic carbocycles. The van der Waals surface area contributed by atoms with Gasteiger partial charge in [-0.2, -0.15) is 0 Å². The van der Waals surface area contributed by atoms with Crippen molar-refractivity contribution in [1.29, 1.82) is 0 Å². The summed E-state index contributed by atoms with van der Waals surface area (Å²) < 4.78 is 0. The molecular weight excluding hydrogens is 152 g/mol. The van der Waals surface area contributed by atoms with Crippen LogP contribution in [0.15, 0.2) is 5.29 Å². The minimum absolute atomic E-state index is 0.491. The van der Waals surface area contributed by atoms with Crippen LogP contribution in [-0.4, -0.2) is 17.6 Å². The molecule has 12 heavy (non-hydrogen) atoms. The molecular formula is C9H16N2O. The van der Waals surface area contributed by atoms with E-state index in [-0.39, 0.29) is 0 Å². The van der Waals surface area contributed by atoms with E-state index < -0.39 is 0 Å². The molecule has 0 spiro atoms. The van der Waals surface area contributed by atoms with Crippen LogP contribution in [0.4, 0.5) is 0 Å². The molecule has 3 heteroatoms. The highest BCUT2D eigenvalue weighted by Gasteiger charge is 2.33. The molecule has 2 fully saturated rings. The first-order chi connectivity index (χ1) is 5.92. The maximum atomic E-state index is 10.5. The van der Waals surface area contributed by atoms with Gasteiger partial charge >= 0.3 is 0 Å². The molecule has 0 N–H and O–H groups in total. The smallest absolute Gasteiger partial charge is 0.0530 e. The van der Waals surface area contributed by atoms with E-state index in [1.807, 2.05) is 0 Å². The zero-order chi connectivity index (χ0) is 8.39. The Kier molecular flexibility index (Phi) is 2.28. The summed E-state index contributed by atoms with van der Waals surface area (Å²) in [6, 6.07) is 0.491. The summed E-state index contributed by atoms with van der Waals surface area (Å²) >= 11 is 0. The molecule has 0 amide bonds. The molecule has 1 saturated heterocycles. The average Bonchev–Trinajstić information content (AvgIpc) is 2.17. The monoisotopic (exact) mass is 168 g/mol. The van der Waals surface area contributed by atoms with Gasteiger partial charge in [-0.3, -0.25) is 5.01 Å². The van der Waals surface area contributed by atoms with Crippen molar-refractivity contribution in [2.24, 2.45) is 11.2 Å². The molecule has 0 unspecified atom stereocenters. The second-order valence-electron chi connectivity index (χ2n) is 4.00. The molecule has 0 bridgehead atoms. The predicted octanol–water partition coefficient (Wildman–Crippen LogP) is 2.32. The van der Waals surface area contributed by atoms with Crippen molar-refractivity contribution in [3.8, 4) is 0 Å². The quantitative estimate of drug-likeness (QED) is 0.563. The Morgan fingerprint density at radius 1 is 1.08 bits per heavy atom. The number of rotatable bonds is 1. The van der Waals surface area contributed by atoms with E-state index in [0.29, 0.717) is 6.04 Å². The van der Waals surface area contributed by atoms with Crippen LogP contribution in [0.25, 0.3) is 0 Å². The van der Waals surface area contributed by atoms with E-state index in [0.717, 1.165) is 18.9 Å². The summed E-state index contributed by atoms with van der Waals surface area (Å²) in [6.07, 6.45) is 7.62. The molecule has 1 aliphatic carbocycles. The van der Waals surface area contributed by atoms with E-state index in [1.165, 1.54) is 32.1 Å². The van der Waals surface area contributed by atoms with Gasteiger partial charge in [-0.25, -0.2) is 0 Å². The minimum Gasteiger partial charge on any atom is -0.258 e. The van der Waals surface area contributed by atoms with Gasteiger partial charge in [0, 0.05) is 6.54 Å². The van der Waals surface area contributed by atoms with Crippen LogP contribution in [0.1, 0.15) is 38.5 Å². The number of nitroso groups, excluding NO2 is 1. The number of nitrogens with zero attached hydrogens (tertiary/aromatic N) is 2. The third kappa shape index (κ3) is 1.32. The molecule has 68 valence electrons. The predicted molar refractivity (Wildman–Crippen MR) is 47.5 cm³/mol. The fraction of sp³-hybridized carbons (Fsp3) is 1.00. The first-order valence-corrected chi connectivity index (χ1v) is 5.02. The van der Waals surface area contributed by atoms with Gasteiger partial charge in [-0.15, -0.1) is 4.91 Å². The third-order valence-corrected chi connectivity index (χ3v) is 3.32. The Hall–Kier alpha value is -0.600. The van der Waals surface area contributed by atoms with Crippen LogP contribution in [0.3, 0.4) is 0 Å². The molecule has 0 radical (unpaired) electrons. The van der Waals surface area contributed by atoms with Gasteiger partial charge in [0.1, 0.15) is 0 Å². The van der Waals surface area contributed by atoms with Crippen molar-refractivity contribution in [2.45, 2.75) is 44.6 Å². The molecule has 3 nitrogen and oxygen atoms in total. The summed E-state index contributed by atoms with van der Waals surface area (Å²) in [5.74, 6) is 0.769. The van der Waals surface area contributed by atoms with Gasteiger partial charge in [0.25, 0.3) is 0 Å². The fourth-order valence-electron chi connectivity index (χ4n) is 2.70. The van der Waals surface area contributed by atoms with Gasteiger partial charge in [0.15, 0.2) is 0 Å². The van der Waals surface area contributed by atoms with Crippen LogP contribution < -0.4 is 0 Å². The number of hydrogen-bond donors (Lipinski definition) is 0. The average molecular weight is 168 g/mol. The van der Waals surface area contributed by atoms with E-state index >= 15 is 0 Å². The summed E-state index contributed by atoms with van der Waals surface area (Å²) in [5, 5.41) is 4.90. The van der Waals surface area contributed by atoms with Crippen molar-refractivity contribution < 1.29 is 0 Å². The zero-order valence-corrected chi connectivity index (χ0v) is 7.41. The Bertz CT molecular complexity index is 170. The van der Waals surface area contributed by atoms with Gasteiger partial charge in [-0.05, 0) is 31.6 Å². The van der Waals surface area contributed by atoms with Crippen LogP contribution >= 0.6 is 0 Å². The lowest BCUT2D eigenvalue weighted by molar-refractivity contribution is 0.0620. The maximum absolute atomic E-state index is 10.5. The molecule has 0 aromatic heterocycles. The van der Waals surface area contributed by atoms with E-state index in [1.54, 1.807) is 5.01 Å². The van der Waals surface area contributed by atoms with Crippen molar-refractivity contribution in [3.63, 3.8) is 0 Å². The highest BCUT2D eigenvalue weighted by molar-refractivity contribution is 4.85. The Balaban J connectivity index is 2.03. The molecule has 0 aromatic rings. The van der Waals surface area contributed by atoms with Crippen LogP contribution in [-0.2, 0) is 0 Å². The lowest BCUT2D eigenvalue weighted by Crippen LogP contribution is -2.43. The number of piperidine rings is 1. The summed E-state index contributed by atoms with van der Waals surface area (Å²) in [4.78, 5) is 10.5. The largest absolute Gasteiger partial charge is 0.258 e. The Morgan fingerprint density at radius 2 is 1.83 bits per heavy atom. The molecule has 1 aliphatic heterocycles. The van der Waals surface area contributed by atoms with E-state index in [9.17, 15) is 4.91 Å². The summed E-state index contributed by atoms with van der Waals surface area (Å²) in [6.45, 7) is 0.894. The fourth-order valence-corrected chi connectivity index (χ4v) is 2.70. The third-order valence-electron chi connectivity index (χ3n) is 3.32. The van der Waals surface area contributed by atoms with Crippen molar-refractivity contribution in [2.75, 3.05) is 6.54 Å². The van der Waals surface area contributed by atoms with Gasteiger partial charge < -0.3 is 0 Å². The minimum atomic E-state index is 0.491. The lowest BCUT2D eigenvalue weighted by Gasteiger charge is -2.40. The summed E-state index contributed by atoms with van der Waals surface area (Å²) in [5.41, 5.74) is 0. The number of hydrogen-bond acceptors (Lipinski definition) is 2. The first kappa shape index (κ1) is 8.02. The molecule has 1 saturated carbocycles. The summed E-state index contributed by atoms with van der Waals surface area (Å²) in [7, 11) is 0. The topological polar surface area (TPSA) is 32.7 Å². The molecule has 1 heterocycles. The van der Waals surface area contributed by atoms with Gasteiger partial charge in [0.2, 0.25) is 0 Å². The van der Waals surface area contributed by atoms with Crippen LogP contribution in [0.2, 0.25) is 0 Å². The molecule has 2 atom stereocenters. The van der Waals surface area contributed by atoms with Crippen LogP contribution in [0, 0.1) is 10.8 Å². The van der Waals surface area contributed by atoms with Crippen LogP contribution in [0.5, 0.6) is 0 Å². The standard InChI is InChI=1S/C9H16N2O/c12-10-11-7-3-5-8-4-1-2-6-9(8)11/h8-9H,1-7H2/t8-,9+/m0/s1. The first-order valence-electron chi connectivity index (χ1n) is 5.02. The van der Waals surface area contributed by atoms with Crippen molar-refractivity contribution in [1.82, 2.24) is 5.01 Å². The van der Waals surface area contributed by atoms with Crippen molar-refractivity contribution >= 4 is 0 Å². The van der Waals surface area contributed by atoms with E-state index in [2.05, 4.69) is 5.29 Å². The maximum Gasteiger partial charge on any atom is 0.0530 e. The highest BCUT2D eigenvalue weighted by Crippen LogP contribution is 2.35. The lowest BCUT2D eigenvalue weighted by atomic mass is 9.79. The number of fused-ring (bicyclic) bond motifs is 1.